The molecule has 2 aromatic heterocycles. The van der Waals surface area contributed by atoms with E-state index >= 15 is 0 Å². The Morgan fingerprint density at radius 3 is 3.09 bits per heavy atom. The Morgan fingerprint density at radius 1 is 1.36 bits per heavy atom. The Labute approximate surface area is 132 Å². The smallest absolute Gasteiger partial charge is 0.261 e. The normalized spacial score (nSPS) is 17.4. The van der Waals surface area contributed by atoms with E-state index in [4.69, 9.17) is 0 Å². The third-order valence-corrected chi connectivity index (χ3v) is 5.23. The molecular formula is C16H16N4OS. The summed E-state index contributed by atoms with van der Waals surface area (Å²) in [6.07, 6.45) is 1.77. The second kappa shape index (κ2) is 5.21. The van der Waals surface area contributed by atoms with Crippen LogP contribution in [0.1, 0.15) is 27.7 Å². The zero-order valence-electron chi connectivity index (χ0n) is 12.2. The number of aryl methyl sites for hydroxylation is 2. The summed E-state index contributed by atoms with van der Waals surface area (Å²) in [5.74, 6) is 1.95. The molecule has 0 aliphatic carbocycles. The molecule has 1 aliphatic heterocycles. The number of benzene rings is 1. The molecule has 1 aliphatic rings. The molecule has 0 unspecified atom stereocenters. The topological polar surface area (TPSA) is 59.8 Å². The van der Waals surface area contributed by atoms with Gasteiger partial charge in [0.05, 0.1) is 4.88 Å². The minimum absolute atomic E-state index is 0.0142. The molecule has 1 aromatic carbocycles. The van der Waals surface area contributed by atoms with Crippen LogP contribution in [-0.2, 0) is 13.0 Å². The third kappa shape index (κ3) is 2.29. The number of hydrogen-bond donors (Lipinski definition) is 1. The molecule has 0 saturated heterocycles. The van der Waals surface area contributed by atoms with Crippen LogP contribution in [0.4, 0.5) is 0 Å². The fraction of sp³-hybridized carbons (Fsp3) is 0.312. The van der Waals surface area contributed by atoms with Gasteiger partial charge in [-0.2, -0.15) is 0 Å². The van der Waals surface area contributed by atoms with E-state index in [2.05, 4.69) is 20.1 Å². The van der Waals surface area contributed by atoms with Gasteiger partial charge in [0.25, 0.3) is 5.91 Å². The zero-order valence-corrected chi connectivity index (χ0v) is 13.1. The van der Waals surface area contributed by atoms with Crippen LogP contribution in [0, 0.1) is 6.92 Å². The van der Waals surface area contributed by atoms with Crippen molar-refractivity contribution < 1.29 is 4.79 Å². The lowest BCUT2D eigenvalue weighted by Gasteiger charge is -2.24. The molecule has 0 radical (unpaired) electrons. The van der Waals surface area contributed by atoms with Gasteiger partial charge in [0.2, 0.25) is 0 Å². The summed E-state index contributed by atoms with van der Waals surface area (Å²) in [6, 6.07) is 10.2. The van der Waals surface area contributed by atoms with E-state index in [0.717, 1.165) is 46.0 Å². The lowest BCUT2D eigenvalue weighted by molar-refractivity contribution is 0.0931. The first kappa shape index (κ1) is 13.5. The number of aromatic nitrogens is 3. The number of nitrogens with zero attached hydrogens (tertiary/aromatic N) is 3. The Bertz CT molecular complexity index is 818. The first-order valence-electron chi connectivity index (χ1n) is 7.39. The highest BCUT2D eigenvalue weighted by Crippen LogP contribution is 2.25. The second-order valence-electron chi connectivity index (χ2n) is 5.63. The van der Waals surface area contributed by atoms with Gasteiger partial charge in [-0.25, -0.2) is 0 Å². The van der Waals surface area contributed by atoms with Crippen LogP contribution in [-0.4, -0.2) is 26.7 Å². The van der Waals surface area contributed by atoms with Gasteiger partial charge in [0.15, 0.2) is 0 Å². The predicted octanol–water partition coefficient (Wildman–Crippen LogP) is 2.55. The SMILES string of the molecule is Cc1nnc2n1C[C@@H](NC(=O)c1cc3ccccc3s1)CC2. The Balaban J connectivity index is 1.51. The average Bonchev–Trinajstić information content (AvgIpc) is 3.11. The van der Waals surface area contributed by atoms with Crippen molar-refractivity contribution in [1.29, 1.82) is 0 Å². The highest BCUT2D eigenvalue weighted by Gasteiger charge is 2.23. The maximum absolute atomic E-state index is 12.5. The predicted molar refractivity (Wildman–Crippen MR) is 86.2 cm³/mol. The molecule has 1 amide bonds. The van der Waals surface area contributed by atoms with Crippen LogP contribution in [0.15, 0.2) is 30.3 Å². The summed E-state index contributed by atoms with van der Waals surface area (Å²) in [6.45, 7) is 2.71. The van der Waals surface area contributed by atoms with Crippen molar-refractivity contribution in [3.05, 3.63) is 46.9 Å². The van der Waals surface area contributed by atoms with Crippen LogP contribution in [0.5, 0.6) is 0 Å². The number of carbonyl (C=O) groups excluding carboxylic acids is 1. The van der Waals surface area contributed by atoms with E-state index in [-0.39, 0.29) is 11.9 Å². The van der Waals surface area contributed by atoms with Gasteiger partial charge in [-0.15, -0.1) is 21.5 Å². The number of rotatable bonds is 2. The summed E-state index contributed by atoms with van der Waals surface area (Å²) in [7, 11) is 0. The van der Waals surface area contributed by atoms with Gasteiger partial charge in [-0.1, -0.05) is 18.2 Å². The highest BCUT2D eigenvalue weighted by molar-refractivity contribution is 7.20. The molecule has 3 aromatic rings. The number of hydrogen-bond acceptors (Lipinski definition) is 4. The van der Waals surface area contributed by atoms with Gasteiger partial charge in [0, 0.05) is 23.7 Å². The minimum Gasteiger partial charge on any atom is -0.347 e. The molecule has 1 atom stereocenters. The van der Waals surface area contributed by atoms with Crippen LogP contribution in [0.2, 0.25) is 0 Å². The molecule has 22 heavy (non-hydrogen) atoms. The maximum Gasteiger partial charge on any atom is 0.261 e. The summed E-state index contributed by atoms with van der Waals surface area (Å²) in [5, 5.41) is 12.5. The molecule has 112 valence electrons. The lowest BCUT2D eigenvalue weighted by atomic mass is 10.1. The van der Waals surface area contributed by atoms with Gasteiger partial charge < -0.3 is 9.88 Å². The van der Waals surface area contributed by atoms with Crippen LogP contribution in [0.25, 0.3) is 10.1 Å². The number of thiophene rings is 1. The molecule has 6 heteroatoms. The van der Waals surface area contributed by atoms with Gasteiger partial charge in [-0.3, -0.25) is 4.79 Å². The van der Waals surface area contributed by atoms with E-state index in [1.54, 1.807) is 11.3 Å². The van der Waals surface area contributed by atoms with Crippen molar-refractivity contribution in [3.63, 3.8) is 0 Å². The maximum atomic E-state index is 12.5. The van der Waals surface area contributed by atoms with Crippen LogP contribution < -0.4 is 5.32 Å². The van der Waals surface area contributed by atoms with Crippen molar-refractivity contribution in [3.8, 4) is 0 Å². The molecule has 0 fully saturated rings. The van der Waals surface area contributed by atoms with E-state index in [0.29, 0.717) is 0 Å². The molecule has 5 nitrogen and oxygen atoms in total. The number of nitrogens with one attached hydrogen (secondary N) is 1. The minimum atomic E-state index is 0.0142. The lowest BCUT2D eigenvalue weighted by Crippen LogP contribution is -2.41. The molecule has 0 spiro atoms. The molecule has 1 N–H and O–H groups in total. The van der Waals surface area contributed by atoms with Crippen molar-refractivity contribution in [2.75, 3.05) is 0 Å². The van der Waals surface area contributed by atoms with Crippen LogP contribution >= 0.6 is 11.3 Å². The Morgan fingerprint density at radius 2 is 2.23 bits per heavy atom. The van der Waals surface area contributed by atoms with E-state index in [9.17, 15) is 4.79 Å². The highest BCUT2D eigenvalue weighted by atomic mass is 32.1. The Kier molecular flexibility index (Phi) is 3.18. The summed E-state index contributed by atoms with van der Waals surface area (Å²) < 4.78 is 3.24. The van der Waals surface area contributed by atoms with Crippen molar-refractivity contribution in [2.45, 2.75) is 32.4 Å². The van der Waals surface area contributed by atoms with E-state index in [1.165, 1.54) is 0 Å². The monoisotopic (exact) mass is 312 g/mol. The van der Waals surface area contributed by atoms with E-state index < -0.39 is 0 Å². The summed E-state index contributed by atoms with van der Waals surface area (Å²) in [5.41, 5.74) is 0. The average molecular weight is 312 g/mol. The quantitative estimate of drug-likeness (QED) is 0.791. The third-order valence-electron chi connectivity index (χ3n) is 4.12. The summed E-state index contributed by atoms with van der Waals surface area (Å²) in [4.78, 5) is 13.2. The van der Waals surface area contributed by atoms with Crippen molar-refractivity contribution in [2.24, 2.45) is 0 Å². The largest absolute Gasteiger partial charge is 0.347 e. The van der Waals surface area contributed by atoms with Gasteiger partial charge in [0.1, 0.15) is 11.6 Å². The molecule has 4 rings (SSSR count). The van der Waals surface area contributed by atoms with Crippen LogP contribution in [0.3, 0.4) is 0 Å². The molecule has 0 saturated carbocycles. The van der Waals surface area contributed by atoms with Gasteiger partial charge >= 0.3 is 0 Å². The fourth-order valence-corrected chi connectivity index (χ4v) is 3.90. The summed E-state index contributed by atoms with van der Waals surface area (Å²) >= 11 is 1.54. The number of carbonyl (C=O) groups is 1. The zero-order chi connectivity index (χ0) is 15.1. The number of fused-ring (bicyclic) bond motifs is 2. The first-order chi connectivity index (χ1) is 10.7. The standard InChI is InChI=1S/C16H16N4OS/c1-10-18-19-15-7-6-12(9-20(10)15)17-16(21)14-8-11-4-2-3-5-13(11)22-14/h2-5,8,12H,6-7,9H2,1H3,(H,17,21)/t12-/m0/s1. The fourth-order valence-electron chi connectivity index (χ4n) is 2.93. The van der Waals surface area contributed by atoms with Gasteiger partial charge in [-0.05, 0) is 30.9 Å². The van der Waals surface area contributed by atoms with Crippen molar-refractivity contribution in [1.82, 2.24) is 20.1 Å². The first-order valence-corrected chi connectivity index (χ1v) is 8.20. The molecule has 3 heterocycles. The number of amides is 1. The molecular weight excluding hydrogens is 296 g/mol. The Hall–Kier alpha value is -2.21. The molecule has 0 bridgehead atoms. The second-order valence-corrected chi connectivity index (χ2v) is 6.72. The van der Waals surface area contributed by atoms with Crippen molar-refractivity contribution >= 4 is 27.3 Å². The van der Waals surface area contributed by atoms with E-state index in [1.807, 2.05) is 37.3 Å².